The number of aromatic nitrogens is 2. The lowest BCUT2D eigenvalue weighted by Gasteiger charge is -2.43. The summed E-state index contributed by atoms with van der Waals surface area (Å²) in [5.41, 5.74) is 7.17. The highest BCUT2D eigenvalue weighted by atomic mass is 35.5. The van der Waals surface area contributed by atoms with E-state index >= 15 is 0 Å². The Morgan fingerprint density at radius 2 is 1.93 bits per heavy atom. The molecule has 2 aliphatic rings. The molecule has 1 aromatic carbocycles. The average molecular weight is 389 g/mol. The highest BCUT2D eigenvalue weighted by molar-refractivity contribution is 6.30. The predicted molar refractivity (Wildman–Crippen MR) is 103 cm³/mol. The van der Waals surface area contributed by atoms with Crippen LogP contribution in [-0.2, 0) is 11.2 Å². The number of benzene rings is 1. The van der Waals surface area contributed by atoms with Crippen LogP contribution < -0.4 is 11.1 Å². The van der Waals surface area contributed by atoms with Gasteiger partial charge in [-0.1, -0.05) is 23.2 Å². The zero-order chi connectivity index (χ0) is 18.8. The van der Waals surface area contributed by atoms with Crippen LogP contribution in [-0.4, -0.2) is 28.6 Å². The molecule has 1 aromatic heterocycles. The van der Waals surface area contributed by atoms with Gasteiger partial charge >= 0.3 is 0 Å². The minimum Gasteiger partial charge on any atom is -0.355 e. The number of hydrogen-bond donors (Lipinski definition) is 2. The minimum atomic E-state index is 0.0902. The van der Waals surface area contributed by atoms with Crippen molar-refractivity contribution < 1.29 is 9.32 Å². The molecule has 0 spiro atoms. The minimum absolute atomic E-state index is 0.0902. The molecule has 7 heteroatoms. The zero-order valence-corrected chi connectivity index (χ0v) is 16.0. The monoisotopic (exact) mass is 388 g/mol. The number of nitrogens with zero attached hydrogens (tertiary/aromatic N) is 2. The first-order valence-electron chi connectivity index (χ1n) is 9.72. The summed E-state index contributed by atoms with van der Waals surface area (Å²) in [6.45, 7) is 0.499. The molecule has 2 fully saturated rings. The van der Waals surface area contributed by atoms with Gasteiger partial charge in [-0.3, -0.25) is 4.79 Å². The maximum Gasteiger partial charge on any atom is 0.228 e. The van der Waals surface area contributed by atoms with Gasteiger partial charge in [0, 0.05) is 35.5 Å². The molecule has 144 valence electrons. The van der Waals surface area contributed by atoms with E-state index in [1.54, 1.807) is 12.1 Å². The first kappa shape index (κ1) is 18.4. The van der Waals surface area contributed by atoms with Gasteiger partial charge in [0.25, 0.3) is 0 Å². The summed E-state index contributed by atoms with van der Waals surface area (Å²) in [7, 11) is 0. The average Bonchev–Trinajstić information content (AvgIpc) is 3.11. The highest BCUT2D eigenvalue weighted by Crippen LogP contribution is 2.41. The van der Waals surface area contributed by atoms with Crippen LogP contribution in [0.3, 0.4) is 0 Å². The van der Waals surface area contributed by atoms with Crippen molar-refractivity contribution in [3.63, 3.8) is 0 Å². The molecule has 2 aromatic rings. The Hall–Kier alpha value is -1.92. The number of nitrogens with one attached hydrogen (secondary N) is 1. The van der Waals surface area contributed by atoms with E-state index in [9.17, 15) is 4.79 Å². The van der Waals surface area contributed by atoms with E-state index in [1.807, 2.05) is 12.1 Å². The number of rotatable bonds is 5. The van der Waals surface area contributed by atoms with Crippen LogP contribution in [0.5, 0.6) is 0 Å². The highest BCUT2D eigenvalue weighted by Gasteiger charge is 2.40. The van der Waals surface area contributed by atoms with Crippen molar-refractivity contribution in [1.29, 1.82) is 0 Å². The van der Waals surface area contributed by atoms with Gasteiger partial charge in [0.15, 0.2) is 0 Å². The topological polar surface area (TPSA) is 94.0 Å². The van der Waals surface area contributed by atoms with Crippen LogP contribution >= 0.6 is 11.6 Å². The van der Waals surface area contributed by atoms with Gasteiger partial charge in [-0.2, -0.15) is 4.98 Å². The van der Waals surface area contributed by atoms with Crippen molar-refractivity contribution in [2.75, 3.05) is 6.54 Å². The number of fused-ring (bicyclic) bond motifs is 2. The van der Waals surface area contributed by atoms with Gasteiger partial charge in [-0.05, 0) is 61.8 Å². The molecule has 27 heavy (non-hydrogen) atoms. The molecule has 2 unspecified atom stereocenters. The molecule has 0 aliphatic heterocycles. The number of amides is 1. The Labute approximate surface area is 163 Å². The molecule has 0 radical (unpaired) electrons. The quantitative estimate of drug-likeness (QED) is 0.820. The SMILES string of the molecule is NC1C2CCCC1CC(C(=O)NCCc1nc(-c3ccc(Cl)cc3)no1)C2. The second kappa shape index (κ2) is 7.98. The van der Waals surface area contributed by atoms with Gasteiger partial charge < -0.3 is 15.6 Å². The molecule has 2 saturated carbocycles. The second-order valence-corrected chi connectivity index (χ2v) is 8.19. The van der Waals surface area contributed by atoms with Gasteiger partial charge in [-0.15, -0.1) is 0 Å². The third kappa shape index (κ3) is 4.17. The van der Waals surface area contributed by atoms with Gasteiger partial charge in [0.1, 0.15) is 0 Å². The van der Waals surface area contributed by atoms with E-state index in [0.717, 1.165) is 31.2 Å². The standard InChI is InChI=1S/C20H25ClN4O2/c21-16-6-4-12(5-7-16)19-24-17(27-25-19)8-9-23-20(26)15-10-13-2-1-3-14(11-15)18(13)22/h4-7,13-15,18H,1-3,8-11,22H2,(H,23,26). The zero-order valence-electron chi connectivity index (χ0n) is 15.2. The lowest BCUT2D eigenvalue weighted by atomic mass is 9.65. The Morgan fingerprint density at radius 1 is 1.22 bits per heavy atom. The van der Waals surface area contributed by atoms with Crippen molar-refractivity contribution in [2.24, 2.45) is 23.5 Å². The molecule has 2 bridgehead atoms. The number of nitrogens with two attached hydrogens (primary N) is 1. The maximum absolute atomic E-state index is 12.6. The Morgan fingerprint density at radius 3 is 2.63 bits per heavy atom. The molecule has 1 amide bonds. The molecule has 2 aliphatic carbocycles. The van der Waals surface area contributed by atoms with Gasteiger partial charge in [0.05, 0.1) is 0 Å². The second-order valence-electron chi connectivity index (χ2n) is 7.76. The van der Waals surface area contributed by atoms with E-state index in [4.69, 9.17) is 21.9 Å². The van der Waals surface area contributed by atoms with Crippen molar-refractivity contribution in [3.05, 3.63) is 35.2 Å². The summed E-state index contributed by atoms with van der Waals surface area (Å²) < 4.78 is 5.29. The number of carbonyl (C=O) groups is 1. The number of hydrogen-bond acceptors (Lipinski definition) is 5. The molecule has 3 N–H and O–H groups in total. The van der Waals surface area contributed by atoms with Crippen molar-refractivity contribution in [2.45, 2.75) is 44.6 Å². The summed E-state index contributed by atoms with van der Waals surface area (Å²) in [6.07, 6.45) is 5.94. The predicted octanol–water partition coefficient (Wildman–Crippen LogP) is 3.20. The fraction of sp³-hybridized carbons (Fsp3) is 0.550. The summed E-state index contributed by atoms with van der Waals surface area (Å²) in [5.74, 6) is 2.28. The van der Waals surface area contributed by atoms with Crippen LogP contribution in [0.2, 0.25) is 5.02 Å². The largest absolute Gasteiger partial charge is 0.355 e. The van der Waals surface area contributed by atoms with Crippen LogP contribution in [0.25, 0.3) is 11.4 Å². The summed E-state index contributed by atoms with van der Waals surface area (Å²) in [5, 5.41) is 7.70. The van der Waals surface area contributed by atoms with E-state index in [-0.39, 0.29) is 17.9 Å². The Kier molecular flexibility index (Phi) is 5.45. The normalized spacial score (nSPS) is 27.3. The third-order valence-corrected chi connectivity index (χ3v) is 6.24. The fourth-order valence-electron chi connectivity index (χ4n) is 4.51. The summed E-state index contributed by atoms with van der Waals surface area (Å²) in [6, 6.07) is 7.57. The van der Waals surface area contributed by atoms with Crippen LogP contribution in [0, 0.1) is 17.8 Å². The smallest absolute Gasteiger partial charge is 0.228 e. The van der Waals surface area contributed by atoms with Gasteiger partial charge in [-0.25, -0.2) is 0 Å². The number of halogens is 1. The Balaban J connectivity index is 1.27. The van der Waals surface area contributed by atoms with Crippen molar-refractivity contribution in [1.82, 2.24) is 15.5 Å². The van der Waals surface area contributed by atoms with E-state index in [2.05, 4.69) is 15.5 Å². The maximum atomic E-state index is 12.6. The van der Waals surface area contributed by atoms with Gasteiger partial charge in [0.2, 0.25) is 17.6 Å². The lowest BCUT2D eigenvalue weighted by Crippen LogP contribution is -2.49. The van der Waals surface area contributed by atoms with Crippen LogP contribution in [0.1, 0.15) is 38.0 Å². The third-order valence-electron chi connectivity index (χ3n) is 5.99. The van der Waals surface area contributed by atoms with Crippen molar-refractivity contribution in [3.8, 4) is 11.4 Å². The van der Waals surface area contributed by atoms with Crippen molar-refractivity contribution >= 4 is 17.5 Å². The molecule has 6 nitrogen and oxygen atoms in total. The summed E-state index contributed by atoms with van der Waals surface area (Å²) in [4.78, 5) is 16.9. The molecule has 0 saturated heterocycles. The molecular weight excluding hydrogens is 364 g/mol. The van der Waals surface area contributed by atoms with E-state index < -0.39 is 0 Å². The molecule has 1 heterocycles. The van der Waals surface area contributed by atoms with E-state index in [0.29, 0.717) is 41.5 Å². The molecular formula is C20H25ClN4O2. The first-order valence-corrected chi connectivity index (χ1v) is 10.1. The number of carbonyl (C=O) groups excluding carboxylic acids is 1. The fourth-order valence-corrected chi connectivity index (χ4v) is 4.64. The van der Waals surface area contributed by atoms with E-state index in [1.165, 1.54) is 6.42 Å². The van der Waals surface area contributed by atoms with Crippen LogP contribution in [0.15, 0.2) is 28.8 Å². The summed E-state index contributed by atoms with van der Waals surface area (Å²) >= 11 is 5.89. The van der Waals surface area contributed by atoms with Crippen LogP contribution in [0.4, 0.5) is 0 Å². The first-order chi connectivity index (χ1) is 13.1. The molecule has 2 atom stereocenters. The lowest BCUT2D eigenvalue weighted by molar-refractivity contribution is -0.127. The Bertz CT molecular complexity index is 778. The molecule has 4 rings (SSSR count).